The summed E-state index contributed by atoms with van der Waals surface area (Å²) in [7, 11) is 0. The van der Waals surface area contributed by atoms with Gasteiger partial charge in [0.15, 0.2) is 0 Å². The number of nitrogens with zero attached hydrogens (tertiary/aromatic N) is 2. The van der Waals surface area contributed by atoms with Gasteiger partial charge in [0.2, 0.25) is 0 Å². The fraction of sp³-hybridized carbons (Fsp3) is 0.875. The van der Waals surface area contributed by atoms with E-state index in [0.29, 0.717) is 0 Å². The lowest BCUT2D eigenvalue weighted by Crippen LogP contribution is -2.37. The molecule has 2 aliphatic rings. The third-order valence-corrected chi connectivity index (χ3v) is 2.60. The van der Waals surface area contributed by atoms with Gasteiger partial charge >= 0.3 is 0 Å². The molecule has 0 aliphatic carbocycles. The van der Waals surface area contributed by atoms with Crippen molar-refractivity contribution in [2.24, 2.45) is 4.99 Å². The van der Waals surface area contributed by atoms with Gasteiger partial charge in [-0.05, 0) is 26.2 Å². The number of aliphatic imine (C=N–C) groups is 1. The highest BCUT2D eigenvalue weighted by molar-refractivity contribution is 5.80. The minimum Gasteiger partial charge on any atom is -0.358 e. The summed E-state index contributed by atoms with van der Waals surface area (Å²) in [4.78, 5) is 6.88. The molecule has 56 valence electrons. The Hall–Kier alpha value is -0.530. The highest BCUT2D eigenvalue weighted by atomic mass is 15.2. The minimum atomic E-state index is 0.845. The van der Waals surface area contributed by atoms with Crippen LogP contribution in [0.15, 0.2) is 4.99 Å². The fourth-order valence-electron chi connectivity index (χ4n) is 2.03. The molecule has 2 nitrogen and oxygen atoms in total. The third-order valence-electron chi connectivity index (χ3n) is 2.60. The van der Waals surface area contributed by atoms with Crippen LogP contribution in [0.1, 0.15) is 26.2 Å². The lowest BCUT2D eigenvalue weighted by molar-refractivity contribution is 0.351. The van der Waals surface area contributed by atoms with Gasteiger partial charge in [-0.3, -0.25) is 4.99 Å². The second kappa shape index (κ2) is 2.26. The third kappa shape index (κ3) is 0.825. The van der Waals surface area contributed by atoms with Gasteiger partial charge in [-0.1, -0.05) is 0 Å². The maximum atomic E-state index is 4.42. The molecule has 1 saturated heterocycles. The Bertz CT molecular complexity index is 163. The van der Waals surface area contributed by atoms with Crippen LogP contribution in [0.2, 0.25) is 0 Å². The monoisotopic (exact) mass is 138 g/mol. The van der Waals surface area contributed by atoms with Crippen molar-refractivity contribution in [3.05, 3.63) is 0 Å². The first kappa shape index (κ1) is 6.20. The first-order valence-electron chi connectivity index (χ1n) is 4.15. The van der Waals surface area contributed by atoms with E-state index in [0.717, 1.165) is 12.6 Å². The molecular formula is C8H14N2. The molecule has 0 spiro atoms. The zero-order valence-electron chi connectivity index (χ0n) is 6.51. The number of fused-ring (bicyclic) bond motifs is 1. The molecule has 1 atom stereocenters. The Morgan fingerprint density at radius 1 is 1.50 bits per heavy atom. The summed E-state index contributed by atoms with van der Waals surface area (Å²) in [6.07, 6.45) is 4.06. The summed E-state index contributed by atoms with van der Waals surface area (Å²) in [6, 6.07) is 0.845. The van der Waals surface area contributed by atoms with E-state index in [-0.39, 0.29) is 0 Å². The van der Waals surface area contributed by atoms with Crippen molar-refractivity contribution in [2.45, 2.75) is 32.2 Å². The van der Waals surface area contributed by atoms with Crippen LogP contribution in [0.25, 0.3) is 0 Å². The molecule has 0 N–H and O–H groups in total. The van der Waals surface area contributed by atoms with Gasteiger partial charge in [-0.2, -0.15) is 0 Å². The van der Waals surface area contributed by atoms with E-state index < -0.39 is 0 Å². The summed E-state index contributed by atoms with van der Waals surface area (Å²) in [5.74, 6) is 1.27. The van der Waals surface area contributed by atoms with Crippen LogP contribution in [0.3, 0.4) is 0 Å². The maximum Gasteiger partial charge on any atom is 0.0960 e. The van der Waals surface area contributed by atoms with E-state index in [2.05, 4.69) is 16.8 Å². The molecule has 0 bridgehead atoms. The molecule has 10 heavy (non-hydrogen) atoms. The van der Waals surface area contributed by atoms with Crippen LogP contribution in [-0.4, -0.2) is 29.9 Å². The largest absolute Gasteiger partial charge is 0.358 e. The van der Waals surface area contributed by atoms with Crippen molar-refractivity contribution in [1.82, 2.24) is 4.90 Å². The number of hydrogen-bond donors (Lipinski definition) is 0. The van der Waals surface area contributed by atoms with Crippen LogP contribution in [0, 0.1) is 0 Å². The molecule has 1 fully saturated rings. The summed E-state index contributed by atoms with van der Waals surface area (Å²) in [5, 5.41) is 0. The Kier molecular flexibility index (Phi) is 1.40. The number of hydrogen-bond acceptors (Lipinski definition) is 2. The van der Waals surface area contributed by atoms with Crippen molar-refractivity contribution in [3.63, 3.8) is 0 Å². The van der Waals surface area contributed by atoms with Crippen LogP contribution in [-0.2, 0) is 0 Å². The normalized spacial score (nSPS) is 31.9. The second-order valence-corrected chi connectivity index (χ2v) is 3.21. The van der Waals surface area contributed by atoms with Crippen molar-refractivity contribution >= 4 is 5.84 Å². The molecule has 0 radical (unpaired) electrons. The van der Waals surface area contributed by atoms with Gasteiger partial charge in [0.1, 0.15) is 0 Å². The molecule has 2 heterocycles. The molecule has 0 amide bonds. The quantitative estimate of drug-likeness (QED) is 0.492. The topological polar surface area (TPSA) is 15.6 Å². The van der Waals surface area contributed by atoms with Gasteiger partial charge in [0, 0.05) is 19.1 Å². The van der Waals surface area contributed by atoms with Crippen molar-refractivity contribution in [1.29, 1.82) is 0 Å². The molecular weight excluding hydrogens is 124 g/mol. The van der Waals surface area contributed by atoms with Crippen molar-refractivity contribution < 1.29 is 0 Å². The zero-order chi connectivity index (χ0) is 6.97. The van der Waals surface area contributed by atoms with Crippen LogP contribution in [0.5, 0.6) is 0 Å². The average Bonchev–Trinajstić information content (AvgIpc) is 2.36. The standard InChI is InChI=1S/C8H14N2/c1-7-9-5-4-8-3-2-6-10(7)8/h8H,2-6H2,1H3. The SMILES string of the molecule is CC1=NCCC2CCCN12. The highest BCUT2D eigenvalue weighted by Gasteiger charge is 2.26. The minimum absolute atomic E-state index is 0.845. The van der Waals surface area contributed by atoms with Gasteiger partial charge in [0.05, 0.1) is 5.84 Å². The zero-order valence-corrected chi connectivity index (χ0v) is 6.51. The summed E-state index contributed by atoms with van der Waals surface area (Å²) >= 11 is 0. The predicted octanol–water partition coefficient (Wildman–Crippen LogP) is 1.27. The molecule has 2 rings (SSSR count). The number of rotatable bonds is 0. The summed E-state index contributed by atoms with van der Waals surface area (Å²) in [5.41, 5.74) is 0. The maximum absolute atomic E-state index is 4.42. The fourth-order valence-corrected chi connectivity index (χ4v) is 2.03. The first-order valence-corrected chi connectivity index (χ1v) is 4.15. The van der Waals surface area contributed by atoms with Crippen LogP contribution < -0.4 is 0 Å². The van der Waals surface area contributed by atoms with Gasteiger partial charge < -0.3 is 4.90 Å². The van der Waals surface area contributed by atoms with Crippen LogP contribution >= 0.6 is 0 Å². The summed E-state index contributed by atoms with van der Waals surface area (Å²) < 4.78 is 0. The Morgan fingerprint density at radius 2 is 2.40 bits per heavy atom. The Morgan fingerprint density at radius 3 is 3.20 bits per heavy atom. The molecule has 0 aromatic rings. The summed E-state index contributed by atoms with van der Waals surface area (Å²) in [6.45, 7) is 4.45. The van der Waals surface area contributed by atoms with E-state index in [1.165, 1.54) is 31.6 Å². The van der Waals surface area contributed by atoms with E-state index in [1.54, 1.807) is 0 Å². The predicted molar refractivity (Wildman–Crippen MR) is 42.3 cm³/mol. The molecule has 1 unspecified atom stereocenters. The molecule has 2 heteroatoms. The average molecular weight is 138 g/mol. The second-order valence-electron chi connectivity index (χ2n) is 3.21. The van der Waals surface area contributed by atoms with E-state index in [9.17, 15) is 0 Å². The van der Waals surface area contributed by atoms with E-state index >= 15 is 0 Å². The Balaban J connectivity index is 2.16. The van der Waals surface area contributed by atoms with Crippen LogP contribution in [0.4, 0.5) is 0 Å². The van der Waals surface area contributed by atoms with Crippen molar-refractivity contribution in [3.8, 4) is 0 Å². The molecule has 0 saturated carbocycles. The van der Waals surface area contributed by atoms with E-state index in [4.69, 9.17) is 0 Å². The lowest BCUT2D eigenvalue weighted by Gasteiger charge is -2.29. The van der Waals surface area contributed by atoms with Gasteiger partial charge in [-0.15, -0.1) is 0 Å². The highest BCUT2D eigenvalue weighted by Crippen LogP contribution is 2.23. The van der Waals surface area contributed by atoms with Crippen molar-refractivity contribution in [2.75, 3.05) is 13.1 Å². The molecule has 0 aromatic carbocycles. The lowest BCUT2D eigenvalue weighted by atomic mass is 10.1. The van der Waals surface area contributed by atoms with E-state index in [1.807, 2.05) is 0 Å². The first-order chi connectivity index (χ1) is 4.88. The number of amidine groups is 1. The molecule has 0 aromatic heterocycles. The molecule has 2 aliphatic heterocycles. The smallest absolute Gasteiger partial charge is 0.0960 e. The van der Waals surface area contributed by atoms with Gasteiger partial charge in [0.25, 0.3) is 0 Å². The van der Waals surface area contributed by atoms with Gasteiger partial charge in [-0.25, -0.2) is 0 Å². The Labute approximate surface area is 61.9 Å².